The Hall–Kier alpha value is -1.87. The van der Waals surface area contributed by atoms with Crippen LogP contribution >= 0.6 is 0 Å². The van der Waals surface area contributed by atoms with Gasteiger partial charge in [-0.25, -0.2) is 0 Å². The summed E-state index contributed by atoms with van der Waals surface area (Å²) in [6.07, 6.45) is 0.655. The zero-order chi connectivity index (χ0) is 14.6. The molecule has 3 heteroatoms. The van der Waals surface area contributed by atoms with E-state index in [1.807, 2.05) is 43.3 Å². The molecule has 104 valence electrons. The molecule has 20 heavy (non-hydrogen) atoms. The first-order chi connectivity index (χ1) is 9.60. The summed E-state index contributed by atoms with van der Waals surface area (Å²) in [5, 5.41) is 12.0. The highest BCUT2D eigenvalue weighted by Crippen LogP contribution is 2.25. The van der Waals surface area contributed by atoms with Gasteiger partial charge in [-0.3, -0.25) is 4.79 Å². The molecule has 0 amide bonds. The van der Waals surface area contributed by atoms with E-state index in [2.05, 4.69) is 30.8 Å². The van der Waals surface area contributed by atoms with Crippen LogP contribution < -0.4 is 10.4 Å². The Morgan fingerprint density at radius 3 is 1.70 bits per heavy atom. The normalized spacial score (nSPS) is 12.9. The molecule has 0 aliphatic carbocycles. The molecule has 0 aliphatic heterocycles. The molecule has 0 saturated heterocycles. The Bertz CT molecular complexity index is 527. The van der Waals surface area contributed by atoms with E-state index < -0.39 is 14.0 Å². The van der Waals surface area contributed by atoms with Crippen LogP contribution in [0.25, 0.3) is 0 Å². The molecule has 1 atom stereocenters. The highest BCUT2D eigenvalue weighted by molar-refractivity contribution is 7.04. The lowest BCUT2D eigenvalue weighted by atomic mass is 10.3. The van der Waals surface area contributed by atoms with Gasteiger partial charge in [0.1, 0.15) is 8.07 Å². The van der Waals surface area contributed by atoms with Crippen LogP contribution in [0.2, 0.25) is 12.1 Å². The Kier molecular flexibility index (Phi) is 4.40. The van der Waals surface area contributed by atoms with E-state index in [1.54, 1.807) is 0 Å². The first-order valence-corrected chi connectivity index (χ1v) is 9.52. The molecule has 1 unspecified atom stereocenters. The standard InChI is InChI=1S/C17H20O2Si/c1-3-16(17(18)19)20(2,14-10-6-4-7-11-14)15-12-8-5-9-13-15/h4-13,16H,3H2,1-2H3,(H,18,19). The van der Waals surface area contributed by atoms with Gasteiger partial charge < -0.3 is 5.11 Å². The average molecular weight is 284 g/mol. The first-order valence-electron chi connectivity index (χ1n) is 6.94. The van der Waals surface area contributed by atoms with Crippen LogP contribution in [0.5, 0.6) is 0 Å². The van der Waals surface area contributed by atoms with Crippen molar-refractivity contribution in [1.82, 2.24) is 0 Å². The first kappa shape index (κ1) is 14.5. The fourth-order valence-corrected chi connectivity index (χ4v) is 7.19. The molecule has 0 spiro atoms. The molecule has 1 N–H and O–H groups in total. The minimum absolute atomic E-state index is 0.313. The van der Waals surface area contributed by atoms with E-state index >= 15 is 0 Å². The van der Waals surface area contributed by atoms with E-state index in [1.165, 1.54) is 10.4 Å². The number of rotatable bonds is 5. The lowest BCUT2D eigenvalue weighted by molar-refractivity contribution is -0.137. The molecule has 0 fully saturated rings. The topological polar surface area (TPSA) is 37.3 Å². The number of carboxylic acids is 1. The minimum Gasteiger partial charge on any atom is -0.481 e. The molecule has 0 heterocycles. The molecular formula is C17H20O2Si. The van der Waals surface area contributed by atoms with Crippen LogP contribution in [-0.2, 0) is 4.79 Å². The van der Waals surface area contributed by atoms with Gasteiger partial charge in [0.2, 0.25) is 0 Å². The Balaban J connectivity index is 2.63. The lowest BCUT2D eigenvalue weighted by Gasteiger charge is -2.34. The van der Waals surface area contributed by atoms with Crippen molar-refractivity contribution in [3.63, 3.8) is 0 Å². The molecule has 0 saturated carbocycles. The van der Waals surface area contributed by atoms with Gasteiger partial charge in [-0.15, -0.1) is 0 Å². The molecule has 2 rings (SSSR count). The Morgan fingerprint density at radius 2 is 1.40 bits per heavy atom. The summed E-state index contributed by atoms with van der Waals surface area (Å²) in [7, 11) is -2.29. The van der Waals surface area contributed by atoms with E-state index in [4.69, 9.17) is 0 Å². The summed E-state index contributed by atoms with van der Waals surface area (Å²) in [6.45, 7) is 4.13. The predicted octanol–water partition coefficient (Wildman–Crippen LogP) is 2.74. The van der Waals surface area contributed by atoms with Crippen molar-refractivity contribution in [2.24, 2.45) is 0 Å². The van der Waals surface area contributed by atoms with E-state index in [-0.39, 0.29) is 5.54 Å². The van der Waals surface area contributed by atoms with Crippen LogP contribution in [0.1, 0.15) is 13.3 Å². The van der Waals surface area contributed by atoms with E-state index in [0.29, 0.717) is 6.42 Å². The fourth-order valence-electron chi connectivity index (χ4n) is 2.97. The average Bonchev–Trinajstić information content (AvgIpc) is 2.49. The summed E-state index contributed by atoms with van der Waals surface area (Å²) in [5.74, 6) is -0.686. The molecule has 2 nitrogen and oxygen atoms in total. The molecule has 0 radical (unpaired) electrons. The van der Waals surface area contributed by atoms with Crippen molar-refractivity contribution in [2.45, 2.75) is 25.4 Å². The monoisotopic (exact) mass is 284 g/mol. The number of aliphatic carboxylic acids is 1. The van der Waals surface area contributed by atoms with Crippen molar-refractivity contribution >= 4 is 24.4 Å². The third kappa shape index (κ3) is 2.54. The van der Waals surface area contributed by atoms with Gasteiger partial charge in [0.25, 0.3) is 0 Å². The molecule has 0 bridgehead atoms. The quantitative estimate of drug-likeness (QED) is 0.857. The fraction of sp³-hybridized carbons (Fsp3) is 0.235. The smallest absolute Gasteiger partial charge is 0.304 e. The summed E-state index contributed by atoms with van der Waals surface area (Å²) in [6, 6.07) is 20.2. The molecular weight excluding hydrogens is 264 g/mol. The summed E-state index contributed by atoms with van der Waals surface area (Å²) in [4.78, 5) is 11.8. The second kappa shape index (κ2) is 6.05. The van der Waals surface area contributed by atoms with Gasteiger partial charge in [0.15, 0.2) is 0 Å². The SMILES string of the molecule is CCC(C(=O)O)[Si](C)(c1ccccc1)c1ccccc1. The summed E-state index contributed by atoms with van der Waals surface area (Å²) in [5.41, 5.74) is -0.313. The number of carboxylic acid groups (broad SMARTS) is 1. The molecule has 2 aromatic rings. The predicted molar refractivity (Wildman–Crippen MR) is 85.4 cm³/mol. The number of hydrogen-bond donors (Lipinski definition) is 1. The van der Waals surface area contributed by atoms with Crippen LogP contribution in [0.3, 0.4) is 0 Å². The van der Waals surface area contributed by atoms with Crippen LogP contribution in [0.15, 0.2) is 60.7 Å². The molecule has 0 aromatic heterocycles. The molecule has 0 aliphatic rings. The van der Waals surface area contributed by atoms with Crippen LogP contribution in [0, 0.1) is 0 Å². The van der Waals surface area contributed by atoms with Crippen molar-refractivity contribution in [3.8, 4) is 0 Å². The third-order valence-electron chi connectivity index (χ3n) is 4.15. The number of carbonyl (C=O) groups is 1. The highest BCUT2D eigenvalue weighted by Gasteiger charge is 2.43. The largest absolute Gasteiger partial charge is 0.481 e. The molecule has 2 aromatic carbocycles. The second-order valence-corrected chi connectivity index (χ2v) is 9.49. The maximum atomic E-state index is 11.8. The highest BCUT2D eigenvalue weighted by atomic mass is 28.3. The lowest BCUT2D eigenvalue weighted by Crippen LogP contribution is -2.60. The van der Waals surface area contributed by atoms with Gasteiger partial charge in [0, 0.05) is 0 Å². The second-order valence-electron chi connectivity index (χ2n) is 5.23. The zero-order valence-electron chi connectivity index (χ0n) is 11.9. The van der Waals surface area contributed by atoms with Crippen LogP contribution in [-0.4, -0.2) is 19.1 Å². The summed E-state index contributed by atoms with van der Waals surface area (Å²) < 4.78 is 0. The van der Waals surface area contributed by atoms with Crippen LogP contribution in [0.4, 0.5) is 0 Å². The van der Waals surface area contributed by atoms with Gasteiger partial charge in [0.05, 0.1) is 5.54 Å². The van der Waals surface area contributed by atoms with Crippen molar-refractivity contribution in [3.05, 3.63) is 60.7 Å². The third-order valence-corrected chi connectivity index (χ3v) is 9.26. The number of hydrogen-bond acceptors (Lipinski definition) is 1. The summed E-state index contributed by atoms with van der Waals surface area (Å²) >= 11 is 0. The number of benzene rings is 2. The van der Waals surface area contributed by atoms with Gasteiger partial charge in [-0.05, 0) is 6.42 Å². The van der Waals surface area contributed by atoms with Crippen molar-refractivity contribution in [1.29, 1.82) is 0 Å². The minimum atomic E-state index is -2.29. The van der Waals surface area contributed by atoms with E-state index in [9.17, 15) is 9.90 Å². The van der Waals surface area contributed by atoms with Gasteiger partial charge in [-0.2, -0.15) is 0 Å². The zero-order valence-corrected chi connectivity index (χ0v) is 12.9. The Labute approximate surface area is 121 Å². The van der Waals surface area contributed by atoms with Gasteiger partial charge in [-0.1, -0.05) is 84.5 Å². The maximum Gasteiger partial charge on any atom is 0.304 e. The van der Waals surface area contributed by atoms with Gasteiger partial charge >= 0.3 is 5.97 Å². The van der Waals surface area contributed by atoms with E-state index in [0.717, 1.165) is 0 Å². The van der Waals surface area contributed by atoms with Crippen molar-refractivity contribution < 1.29 is 9.90 Å². The Morgan fingerprint density at radius 1 is 1.00 bits per heavy atom. The van der Waals surface area contributed by atoms with Crippen molar-refractivity contribution in [2.75, 3.05) is 0 Å². The maximum absolute atomic E-state index is 11.8.